The van der Waals surface area contributed by atoms with Gasteiger partial charge in [0, 0.05) is 0 Å². The Morgan fingerprint density at radius 3 is 2.15 bits per heavy atom. The van der Waals surface area contributed by atoms with Crippen LogP contribution >= 0.6 is 0 Å². The number of nitrogens with one attached hydrogen (secondary N) is 2. The molecule has 1 fully saturated rings. The van der Waals surface area contributed by atoms with E-state index in [1.807, 2.05) is 4.72 Å². The van der Waals surface area contributed by atoms with Crippen molar-refractivity contribution < 1.29 is 34.8 Å². The third kappa shape index (κ3) is 3.60. The highest BCUT2D eigenvalue weighted by Crippen LogP contribution is 2.43. The van der Waals surface area contributed by atoms with Crippen LogP contribution in [0, 0.1) is 0 Å². The van der Waals surface area contributed by atoms with Gasteiger partial charge in [0.15, 0.2) is 0 Å². The van der Waals surface area contributed by atoms with Gasteiger partial charge in [0.1, 0.15) is 4.90 Å². The van der Waals surface area contributed by atoms with E-state index in [-0.39, 0.29) is 18.1 Å². The van der Waals surface area contributed by atoms with Crippen LogP contribution in [0.4, 0.5) is 32.0 Å². The number of benzene rings is 1. The van der Waals surface area contributed by atoms with Gasteiger partial charge in [-0.15, -0.1) is 0 Å². The first-order valence-electron chi connectivity index (χ1n) is 7.58. The Bertz CT molecular complexity index is 855. The summed E-state index contributed by atoms with van der Waals surface area (Å²) in [6.07, 6.45) is -7.31. The second-order valence-corrected chi connectivity index (χ2v) is 7.66. The molecule has 144 valence electrons. The van der Waals surface area contributed by atoms with Crippen LogP contribution in [-0.4, -0.2) is 20.4 Å². The van der Waals surface area contributed by atoms with Crippen LogP contribution in [0.2, 0.25) is 0 Å². The average Bonchev–Trinajstić information content (AvgIpc) is 2.96. The standard InChI is InChI=1S/C14H13F6N3O2S/c15-13(16,17)7-5-9(14(18,19)20)11-10(6-7)22-12(23-26(11,24)25)21-8-3-1-2-4-8/h5-6,8H,1-4H2,(H2,21,22,23). The Morgan fingerprint density at radius 1 is 1.00 bits per heavy atom. The van der Waals surface area contributed by atoms with Gasteiger partial charge in [-0.1, -0.05) is 12.8 Å². The van der Waals surface area contributed by atoms with E-state index in [0.29, 0.717) is 18.9 Å². The van der Waals surface area contributed by atoms with Gasteiger partial charge in [0.25, 0.3) is 10.0 Å². The van der Waals surface area contributed by atoms with Crippen LogP contribution in [0.5, 0.6) is 0 Å². The largest absolute Gasteiger partial charge is 0.417 e. The zero-order valence-electron chi connectivity index (χ0n) is 13.0. The molecule has 0 unspecified atom stereocenters. The summed E-state index contributed by atoms with van der Waals surface area (Å²) < 4.78 is 105. The van der Waals surface area contributed by atoms with Crippen molar-refractivity contribution in [2.75, 3.05) is 5.32 Å². The highest BCUT2D eigenvalue weighted by atomic mass is 32.2. The summed E-state index contributed by atoms with van der Waals surface area (Å²) in [5.41, 5.74) is -4.29. The second kappa shape index (κ2) is 6.03. The number of fused-ring (bicyclic) bond motifs is 1. The summed E-state index contributed by atoms with van der Waals surface area (Å²) in [7, 11) is -4.74. The SMILES string of the molecule is O=S1(=O)NC(=NC2CCCC2)Nc2cc(C(F)(F)F)cc(C(F)(F)F)c21. The summed E-state index contributed by atoms with van der Waals surface area (Å²) in [6.45, 7) is 0. The van der Waals surface area contributed by atoms with Crippen molar-refractivity contribution in [3.05, 3.63) is 23.3 Å². The van der Waals surface area contributed by atoms with E-state index in [0.717, 1.165) is 12.8 Å². The molecule has 1 aromatic rings. The normalized spacial score (nSPS) is 22.0. The van der Waals surface area contributed by atoms with Gasteiger partial charge in [0.05, 0.1) is 22.9 Å². The molecular weight excluding hydrogens is 388 g/mol. The van der Waals surface area contributed by atoms with E-state index in [2.05, 4.69) is 10.3 Å². The number of rotatable bonds is 1. The topological polar surface area (TPSA) is 70.6 Å². The third-order valence-electron chi connectivity index (χ3n) is 4.11. The van der Waals surface area contributed by atoms with Gasteiger partial charge in [-0.3, -0.25) is 0 Å². The van der Waals surface area contributed by atoms with Crippen LogP contribution in [-0.2, 0) is 22.4 Å². The lowest BCUT2D eigenvalue weighted by Crippen LogP contribution is -2.42. The van der Waals surface area contributed by atoms with E-state index >= 15 is 0 Å². The number of halogens is 6. The summed E-state index contributed by atoms with van der Waals surface area (Å²) >= 11 is 0. The molecule has 0 amide bonds. The Morgan fingerprint density at radius 2 is 1.62 bits per heavy atom. The third-order valence-corrected chi connectivity index (χ3v) is 5.55. The number of guanidine groups is 1. The molecule has 2 N–H and O–H groups in total. The fraction of sp³-hybridized carbons (Fsp3) is 0.500. The number of aliphatic imine (C=N–C) groups is 1. The maximum atomic E-state index is 13.2. The lowest BCUT2D eigenvalue weighted by molar-refractivity contribution is -0.144. The van der Waals surface area contributed by atoms with Crippen molar-refractivity contribution in [3.63, 3.8) is 0 Å². The molecule has 26 heavy (non-hydrogen) atoms. The highest BCUT2D eigenvalue weighted by molar-refractivity contribution is 7.90. The number of sulfonamides is 1. The van der Waals surface area contributed by atoms with E-state index in [4.69, 9.17) is 0 Å². The monoisotopic (exact) mass is 401 g/mol. The van der Waals surface area contributed by atoms with Crippen molar-refractivity contribution in [2.24, 2.45) is 4.99 Å². The van der Waals surface area contributed by atoms with Crippen molar-refractivity contribution in [1.82, 2.24) is 4.72 Å². The maximum Gasteiger partial charge on any atom is 0.417 e. The minimum absolute atomic E-state index is 0.209. The predicted molar refractivity (Wildman–Crippen MR) is 80.1 cm³/mol. The molecule has 1 heterocycles. The lowest BCUT2D eigenvalue weighted by atomic mass is 10.1. The second-order valence-electron chi connectivity index (χ2n) is 6.04. The molecule has 0 saturated heterocycles. The van der Waals surface area contributed by atoms with Gasteiger partial charge in [-0.25, -0.2) is 18.1 Å². The molecular formula is C14H13F6N3O2S. The summed E-state index contributed by atoms with van der Waals surface area (Å²) in [5, 5.41) is 2.26. The number of anilines is 1. The first-order chi connectivity index (χ1) is 11.9. The molecule has 0 aromatic heterocycles. The Balaban J connectivity index is 2.17. The van der Waals surface area contributed by atoms with E-state index in [1.165, 1.54) is 0 Å². The number of hydrogen-bond acceptors (Lipinski definition) is 3. The molecule has 3 rings (SSSR count). The van der Waals surface area contributed by atoms with Crippen LogP contribution < -0.4 is 10.0 Å². The molecule has 1 saturated carbocycles. The minimum Gasteiger partial charge on any atom is -0.324 e. The quantitative estimate of drug-likeness (QED) is 0.705. The Hall–Kier alpha value is -1.98. The molecule has 1 aromatic carbocycles. The fourth-order valence-corrected chi connectivity index (χ4v) is 4.32. The molecule has 2 aliphatic rings. The van der Waals surface area contributed by atoms with Crippen LogP contribution in [0.25, 0.3) is 0 Å². The molecule has 1 aliphatic heterocycles. The van der Waals surface area contributed by atoms with Crippen molar-refractivity contribution in [3.8, 4) is 0 Å². The highest BCUT2D eigenvalue weighted by Gasteiger charge is 2.44. The summed E-state index contributed by atoms with van der Waals surface area (Å²) in [4.78, 5) is 2.79. The van der Waals surface area contributed by atoms with Crippen LogP contribution in [0.3, 0.4) is 0 Å². The molecule has 5 nitrogen and oxygen atoms in total. The van der Waals surface area contributed by atoms with E-state index in [1.54, 1.807) is 0 Å². The lowest BCUT2D eigenvalue weighted by Gasteiger charge is -2.26. The zero-order valence-corrected chi connectivity index (χ0v) is 13.8. The maximum absolute atomic E-state index is 13.2. The molecule has 0 radical (unpaired) electrons. The molecule has 0 bridgehead atoms. The van der Waals surface area contributed by atoms with Crippen LogP contribution in [0.15, 0.2) is 22.0 Å². The summed E-state index contributed by atoms with van der Waals surface area (Å²) in [6, 6.07) is -0.110. The van der Waals surface area contributed by atoms with Gasteiger partial charge >= 0.3 is 12.4 Å². The first-order valence-corrected chi connectivity index (χ1v) is 9.06. The Kier molecular flexibility index (Phi) is 4.36. The molecule has 12 heteroatoms. The number of nitrogens with zero attached hydrogens (tertiary/aromatic N) is 1. The van der Waals surface area contributed by atoms with Crippen molar-refractivity contribution in [1.29, 1.82) is 0 Å². The van der Waals surface area contributed by atoms with E-state index in [9.17, 15) is 34.8 Å². The molecule has 1 aliphatic carbocycles. The summed E-state index contributed by atoms with van der Waals surface area (Å²) in [5.74, 6) is -0.378. The number of hydrogen-bond donors (Lipinski definition) is 2. The minimum atomic E-state index is -5.29. The Labute approximate surface area is 144 Å². The van der Waals surface area contributed by atoms with Gasteiger partial charge in [-0.2, -0.15) is 26.3 Å². The first kappa shape index (κ1) is 18.8. The predicted octanol–water partition coefficient (Wildman–Crippen LogP) is 3.73. The van der Waals surface area contributed by atoms with Crippen LogP contribution in [0.1, 0.15) is 36.8 Å². The number of alkyl halides is 6. The smallest absolute Gasteiger partial charge is 0.324 e. The van der Waals surface area contributed by atoms with E-state index < -0.39 is 44.1 Å². The average molecular weight is 401 g/mol. The van der Waals surface area contributed by atoms with Gasteiger partial charge < -0.3 is 5.32 Å². The van der Waals surface area contributed by atoms with Crippen molar-refractivity contribution in [2.45, 2.75) is 49.0 Å². The zero-order chi connectivity index (χ0) is 19.3. The van der Waals surface area contributed by atoms with Gasteiger partial charge in [-0.05, 0) is 25.0 Å². The van der Waals surface area contributed by atoms with Gasteiger partial charge in [0.2, 0.25) is 5.96 Å². The molecule has 0 atom stereocenters. The fourth-order valence-electron chi connectivity index (χ4n) is 2.99. The van der Waals surface area contributed by atoms with Crippen molar-refractivity contribution >= 4 is 21.7 Å². The molecule has 0 spiro atoms.